The smallest absolute Gasteiger partial charge is 0.258 e. The Bertz CT molecular complexity index is 617. The van der Waals surface area contributed by atoms with E-state index in [0.29, 0.717) is 24.4 Å². The minimum Gasteiger partial charge on any atom is -0.319 e. The standard InChI is InChI=1S/C10H4BrCl3N2OS/c11-4-1-6(8(13)15-3-4)16-10(17)5-2-7(12)18-9(5)14/h1-3H,(H,16,17). The third kappa shape index (κ3) is 3.16. The second-order valence-corrected chi connectivity index (χ2v) is 6.74. The maximum absolute atomic E-state index is 12.0. The molecule has 2 aromatic rings. The first kappa shape index (κ1) is 14.1. The van der Waals surface area contributed by atoms with Gasteiger partial charge in [-0.05, 0) is 28.1 Å². The molecule has 0 aliphatic heterocycles. The molecule has 18 heavy (non-hydrogen) atoms. The van der Waals surface area contributed by atoms with Crippen molar-refractivity contribution in [3.63, 3.8) is 0 Å². The lowest BCUT2D eigenvalue weighted by Crippen LogP contribution is -2.12. The topological polar surface area (TPSA) is 42.0 Å². The average Bonchev–Trinajstić information content (AvgIpc) is 2.63. The van der Waals surface area contributed by atoms with Gasteiger partial charge in [-0.1, -0.05) is 34.8 Å². The van der Waals surface area contributed by atoms with Gasteiger partial charge in [-0.25, -0.2) is 4.98 Å². The summed E-state index contributed by atoms with van der Waals surface area (Å²) in [5, 5.41) is 2.82. The van der Waals surface area contributed by atoms with Gasteiger partial charge >= 0.3 is 0 Å². The summed E-state index contributed by atoms with van der Waals surface area (Å²) in [5.41, 5.74) is 0.706. The Kier molecular flexibility index (Phi) is 4.50. The number of nitrogens with one attached hydrogen (secondary N) is 1. The molecule has 3 nitrogen and oxygen atoms in total. The van der Waals surface area contributed by atoms with Gasteiger partial charge in [-0.15, -0.1) is 11.3 Å². The Hall–Kier alpha value is -0.330. The van der Waals surface area contributed by atoms with Crippen molar-refractivity contribution in [3.8, 4) is 0 Å². The van der Waals surface area contributed by atoms with Crippen LogP contribution < -0.4 is 5.32 Å². The first-order chi connectivity index (χ1) is 8.47. The molecule has 0 atom stereocenters. The number of rotatable bonds is 2. The maximum Gasteiger partial charge on any atom is 0.258 e. The van der Waals surface area contributed by atoms with Crippen LogP contribution in [0, 0.1) is 0 Å². The minimum atomic E-state index is -0.384. The molecular weight excluding hydrogens is 382 g/mol. The monoisotopic (exact) mass is 384 g/mol. The van der Waals surface area contributed by atoms with Crippen LogP contribution in [0.5, 0.6) is 0 Å². The lowest BCUT2D eigenvalue weighted by atomic mass is 10.3. The fourth-order valence-corrected chi connectivity index (χ4v) is 3.14. The summed E-state index contributed by atoms with van der Waals surface area (Å²) in [6.45, 7) is 0. The average molecular weight is 386 g/mol. The summed E-state index contributed by atoms with van der Waals surface area (Å²) >= 11 is 21.9. The summed E-state index contributed by atoms with van der Waals surface area (Å²) in [7, 11) is 0. The van der Waals surface area contributed by atoms with Crippen LogP contribution in [-0.2, 0) is 0 Å². The molecule has 2 heterocycles. The first-order valence-corrected chi connectivity index (χ1v) is 7.29. The van der Waals surface area contributed by atoms with Gasteiger partial charge in [0.25, 0.3) is 5.91 Å². The van der Waals surface area contributed by atoms with E-state index >= 15 is 0 Å². The maximum atomic E-state index is 12.0. The van der Waals surface area contributed by atoms with Crippen molar-refractivity contribution in [2.75, 3.05) is 5.32 Å². The van der Waals surface area contributed by atoms with Gasteiger partial charge in [0.15, 0.2) is 5.15 Å². The molecule has 0 unspecified atom stereocenters. The van der Waals surface area contributed by atoms with Gasteiger partial charge in [0.1, 0.15) is 4.34 Å². The molecule has 0 spiro atoms. The zero-order chi connectivity index (χ0) is 13.3. The molecule has 0 fully saturated rings. The van der Waals surface area contributed by atoms with Crippen LogP contribution >= 0.6 is 62.1 Å². The van der Waals surface area contributed by atoms with Crippen molar-refractivity contribution < 1.29 is 4.79 Å². The Morgan fingerprint density at radius 2 is 2.06 bits per heavy atom. The predicted octanol–water partition coefficient (Wildman–Crippen LogP) is 5.12. The summed E-state index contributed by atoms with van der Waals surface area (Å²) in [5.74, 6) is -0.384. The third-order valence-corrected chi connectivity index (χ3v) is 4.18. The number of halogens is 4. The van der Waals surface area contributed by atoms with Crippen LogP contribution in [0.2, 0.25) is 13.8 Å². The minimum absolute atomic E-state index is 0.198. The Labute approximate surface area is 130 Å². The van der Waals surface area contributed by atoms with Gasteiger partial charge in [0, 0.05) is 10.7 Å². The van der Waals surface area contributed by atoms with Crippen LogP contribution in [0.3, 0.4) is 0 Å². The molecule has 2 rings (SSSR count). The zero-order valence-electron chi connectivity index (χ0n) is 8.51. The van der Waals surface area contributed by atoms with Gasteiger partial charge in [0.05, 0.1) is 15.6 Å². The quantitative estimate of drug-likeness (QED) is 0.728. The van der Waals surface area contributed by atoms with Crippen molar-refractivity contribution in [2.45, 2.75) is 0 Å². The number of nitrogens with zero attached hydrogens (tertiary/aromatic N) is 1. The van der Waals surface area contributed by atoms with E-state index in [1.807, 2.05) is 0 Å². The molecule has 2 aromatic heterocycles. The summed E-state index contributed by atoms with van der Waals surface area (Å²) < 4.78 is 1.48. The van der Waals surface area contributed by atoms with E-state index in [-0.39, 0.29) is 11.1 Å². The molecule has 94 valence electrons. The van der Waals surface area contributed by atoms with E-state index in [1.54, 1.807) is 6.07 Å². The number of thiophene rings is 1. The van der Waals surface area contributed by atoms with E-state index in [0.717, 1.165) is 11.3 Å². The molecular formula is C10H4BrCl3N2OS. The molecule has 8 heteroatoms. The van der Waals surface area contributed by atoms with E-state index in [1.165, 1.54) is 12.3 Å². The highest BCUT2D eigenvalue weighted by atomic mass is 79.9. The van der Waals surface area contributed by atoms with Crippen molar-refractivity contribution in [1.29, 1.82) is 0 Å². The highest BCUT2D eigenvalue weighted by Crippen LogP contribution is 2.32. The third-order valence-electron chi connectivity index (χ3n) is 1.96. The number of carbonyl (C=O) groups excluding carboxylic acids is 1. The predicted molar refractivity (Wildman–Crippen MR) is 79.2 cm³/mol. The van der Waals surface area contributed by atoms with Gasteiger partial charge < -0.3 is 5.32 Å². The number of hydrogen-bond acceptors (Lipinski definition) is 3. The number of aromatic nitrogens is 1. The highest BCUT2D eigenvalue weighted by Gasteiger charge is 2.15. The number of anilines is 1. The van der Waals surface area contributed by atoms with Crippen molar-refractivity contribution in [3.05, 3.63) is 42.2 Å². The molecule has 0 saturated heterocycles. The molecule has 0 aliphatic rings. The molecule has 0 bridgehead atoms. The van der Waals surface area contributed by atoms with Crippen LogP contribution in [-0.4, -0.2) is 10.9 Å². The van der Waals surface area contributed by atoms with E-state index in [2.05, 4.69) is 26.2 Å². The summed E-state index contributed by atoms with van der Waals surface area (Å²) in [6, 6.07) is 3.15. The molecule has 0 aliphatic carbocycles. The highest BCUT2D eigenvalue weighted by molar-refractivity contribution is 9.10. The Morgan fingerprint density at radius 1 is 1.33 bits per heavy atom. The largest absolute Gasteiger partial charge is 0.319 e. The van der Waals surface area contributed by atoms with E-state index < -0.39 is 0 Å². The van der Waals surface area contributed by atoms with Crippen molar-refractivity contribution >= 4 is 73.7 Å². The fraction of sp³-hybridized carbons (Fsp3) is 0. The lowest BCUT2D eigenvalue weighted by molar-refractivity contribution is 0.102. The molecule has 1 N–H and O–H groups in total. The molecule has 0 aromatic carbocycles. The summed E-state index contributed by atoms with van der Waals surface area (Å²) in [6.07, 6.45) is 1.53. The van der Waals surface area contributed by atoms with E-state index in [4.69, 9.17) is 34.8 Å². The number of pyridine rings is 1. The van der Waals surface area contributed by atoms with Crippen LogP contribution in [0.15, 0.2) is 22.8 Å². The number of carbonyl (C=O) groups is 1. The number of amides is 1. The number of hydrogen-bond donors (Lipinski definition) is 1. The normalized spacial score (nSPS) is 10.4. The van der Waals surface area contributed by atoms with Crippen LogP contribution in [0.1, 0.15) is 10.4 Å². The SMILES string of the molecule is O=C(Nc1cc(Br)cnc1Cl)c1cc(Cl)sc1Cl. The summed E-state index contributed by atoms with van der Waals surface area (Å²) in [4.78, 5) is 15.9. The fourth-order valence-electron chi connectivity index (χ4n) is 1.19. The second kappa shape index (κ2) is 5.75. The van der Waals surface area contributed by atoms with Gasteiger partial charge in [-0.2, -0.15) is 0 Å². The van der Waals surface area contributed by atoms with Crippen molar-refractivity contribution in [1.82, 2.24) is 4.98 Å². The molecule has 0 radical (unpaired) electrons. The Balaban J connectivity index is 2.26. The zero-order valence-corrected chi connectivity index (χ0v) is 13.2. The first-order valence-electron chi connectivity index (χ1n) is 4.54. The second-order valence-electron chi connectivity index (χ2n) is 3.18. The van der Waals surface area contributed by atoms with Gasteiger partial charge in [0.2, 0.25) is 0 Å². The Morgan fingerprint density at radius 3 is 2.67 bits per heavy atom. The lowest BCUT2D eigenvalue weighted by Gasteiger charge is -2.06. The van der Waals surface area contributed by atoms with E-state index in [9.17, 15) is 4.79 Å². The van der Waals surface area contributed by atoms with Crippen molar-refractivity contribution in [2.24, 2.45) is 0 Å². The van der Waals surface area contributed by atoms with Crippen LogP contribution in [0.25, 0.3) is 0 Å². The molecule has 0 saturated carbocycles. The van der Waals surface area contributed by atoms with Gasteiger partial charge in [-0.3, -0.25) is 4.79 Å². The van der Waals surface area contributed by atoms with Crippen LogP contribution in [0.4, 0.5) is 5.69 Å². The molecule has 1 amide bonds.